The van der Waals surface area contributed by atoms with E-state index in [2.05, 4.69) is 13.5 Å². The highest BCUT2D eigenvalue weighted by Gasteiger charge is 2.60. The van der Waals surface area contributed by atoms with Crippen LogP contribution in [0.2, 0.25) is 0 Å². The molecule has 0 aromatic carbocycles. The predicted octanol–water partition coefficient (Wildman–Crippen LogP) is 3.78. The number of rotatable bonds is 6. The Morgan fingerprint density at radius 2 is 1.83 bits per heavy atom. The summed E-state index contributed by atoms with van der Waals surface area (Å²) in [7, 11) is 0. The molecule has 4 saturated carbocycles. The molecule has 1 saturated heterocycles. The first-order valence-corrected chi connectivity index (χ1v) is 9.48. The van der Waals surface area contributed by atoms with Gasteiger partial charge in [0.25, 0.3) is 0 Å². The summed E-state index contributed by atoms with van der Waals surface area (Å²) >= 11 is 0. The number of carbonyl (C=O) groups excluding carboxylic acids is 1. The van der Waals surface area contributed by atoms with E-state index in [0.717, 1.165) is 58.2 Å². The third-order valence-electron chi connectivity index (χ3n) is 6.73. The van der Waals surface area contributed by atoms with Crippen LogP contribution in [0.5, 0.6) is 0 Å². The van der Waals surface area contributed by atoms with Gasteiger partial charge in [0, 0.05) is 12.0 Å². The van der Waals surface area contributed by atoms with Gasteiger partial charge in [-0.25, -0.2) is 4.79 Å². The number of carbonyl (C=O) groups is 1. The normalized spacial score (nSPS) is 45.8. The van der Waals surface area contributed by atoms with Crippen LogP contribution in [0.4, 0.5) is 0 Å². The fourth-order valence-corrected chi connectivity index (χ4v) is 5.80. The quantitative estimate of drug-likeness (QED) is 0.548. The monoisotopic (exact) mass is 334 g/mol. The van der Waals surface area contributed by atoms with E-state index in [1.807, 2.05) is 0 Å². The molecule has 4 nitrogen and oxygen atoms in total. The zero-order valence-corrected chi connectivity index (χ0v) is 15.1. The molecule has 134 valence electrons. The molecule has 3 atom stereocenters. The molecule has 1 aliphatic heterocycles. The van der Waals surface area contributed by atoms with Gasteiger partial charge < -0.3 is 14.2 Å². The van der Waals surface area contributed by atoms with Crippen molar-refractivity contribution < 1.29 is 19.0 Å². The van der Waals surface area contributed by atoms with E-state index in [1.54, 1.807) is 6.92 Å². The summed E-state index contributed by atoms with van der Waals surface area (Å²) in [4.78, 5) is 12.1. The van der Waals surface area contributed by atoms with Crippen molar-refractivity contribution in [3.63, 3.8) is 0 Å². The van der Waals surface area contributed by atoms with E-state index in [9.17, 15) is 4.79 Å². The topological polar surface area (TPSA) is 44.8 Å². The highest BCUT2D eigenvalue weighted by Crippen LogP contribution is 2.60. The maximum Gasteiger partial charge on any atom is 0.333 e. The van der Waals surface area contributed by atoms with Gasteiger partial charge in [-0.3, -0.25) is 0 Å². The van der Waals surface area contributed by atoms with Crippen molar-refractivity contribution in [3.05, 3.63) is 12.2 Å². The lowest BCUT2D eigenvalue weighted by molar-refractivity contribution is -0.237. The van der Waals surface area contributed by atoms with E-state index in [1.165, 1.54) is 6.42 Å². The second-order valence-electron chi connectivity index (χ2n) is 9.14. The van der Waals surface area contributed by atoms with Crippen molar-refractivity contribution in [1.29, 1.82) is 0 Å². The van der Waals surface area contributed by atoms with Gasteiger partial charge in [-0.05, 0) is 70.6 Å². The first kappa shape index (κ1) is 16.6. The SMILES string of the molecule is C=C(C)C(=O)OC12CC3CC(CC(OCCC4(C)CCO4)(C3)C1)C2. The summed E-state index contributed by atoms with van der Waals surface area (Å²) in [6.07, 6.45) is 8.52. The Morgan fingerprint density at radius 1 is 1.21 bits per heavy atom. The van der Waals surface area contributed by atoms with Crippen LogP contribution < -0.4 is 0 Å². The summed E-state index contributed by atoms with van der Waals surface area (Å²) in [6, 6.07) is 0. The molecule has 4 bridgehead atoms. The number of ether oxygens (including phenoxy) is 3. The minimum Gasteiger partial charge on any atom is -0.456 e. The molecule has 0 amide bonds. The van der Waals surface area contributed by atoms with E-state index in [0.29, 0.717) is 17.4 Å². The molecule has 5 aliphatic rings. The second-order valence-corrected chi connectivity index (χ2v) is 9.14. The molecule has 5 rings (SSSR count). The fourth-order valence-electron chi connectivity index (χ4n) is 5.80. The lowest BCUT2D eigenvalue weighted by Gasteiger charge is -2.60. The third kappa shape index (κ3) is 2.92. The van der Waals surface area contributed by atoms with Crippen LogP contribution in [0.3, 0.4) is 0 Å². The Bertz CT molecular complexity index is 534. The minimum absolute atomic E-state index is 0.0202. The van der Waals surface area contributed by atoms with Gasteiger partial charge in [0.15, 0.2) is 0 Å². The maximum atomic E-state index is 12.1. The van der Waals surface area contributed by atoms with Crippen molar-refractivity contribution in [3.8, 4) is 0 Å². The zero-order valence-electron chi connectivity index (χ0n) is 15.1. The Morgan fingerprint density at radius 3 is 2.38 bits per heavy atom. The molecule has 0 aromatic rings. The van der Waals surface area contributed by atoms with Crippen LogP contribution in [-0.4, -0.2) is 36.0 Å². The van der Waals surface area contributed by atoms with Crippen LogP contribution in [0.1, 0.15) is 65.2 Å². The van der Waals surface area contributed by atoms with Gasteiger partial charge in [0.05, 0.1) is 24.4 Å². The third-order valence-corrected chi connectivity index (χ3v) is 6.73. The zero-order chi connectivity index (χ0) is 17.0. The second kappa shape index (κ2) is 5.57. The lowest BCUT2D eigenvalue weighted by Crippen LogP contribution is -2.61. The summed E-state index contributed by atoms with van der Waals surface area (Å²) in [6.45, 7) is 9.28. The van der Waals surface area contributed by atoms with Gasteiger partial charge in [-0.15, -0.1) is 0 Å². The van der Waals surface area contributed by atoms with Gasteiger partial charge >= 0.3 is 5.97 Å². The Balaban J connectivity index is 1.44. The van der Waals surface area contributed by atoms with Crippen molar-refractivity contribution >= 4 is 5.97 Å². The Hall–Kier alpha value is -0.870. The number of esters is 1. The van der Waals surface area contributed by atoms with E-state index in [-0.39, 0.29) is 22.8 Å². The average molecular weight is 334 g/mol. The van der Waals surface area contributed by atoms with Crippen molar-refractivity contribution in [2.75, 3.05) is 13.2 Å². The highest BCUT2D eigenvalue weighted by atomic mass is 16.6. The van der Waals surface area contributed by atoms with E-state index >= 15 is 0 Å². The van der Waals surface area contributed by atoms with Crippen LogP contribution in [0.25, 0.3) is 0 Å². The van der Waals surface area contributed by atoms with Crippen molar-refractivity contribution in [2.24, 2.45) is 11.8 Å². The van der Waals surface area contributed by atoms with Crippen molar-refractivity contribution in [2.45, 2.75) is 82.0 Å². The van der Waals surface area contributed by atoms with E-state index < -0.39 is 0 Å². The molecule has 24 heavy (non-hydrogen) atoms. The average Bonchev–Trinajstić information content (AvgIpc) is 2.43. The molecule has 0 aromatic heterocycles. The van der Waals surface area contributed by atoms with Crippen molar-refractivity contribution in [1.82, 2.24) is 0 Å². The molecule has 3 unspecified atom stereocenters. The van der Waals surface area contributed by atoms with Gasteiger partial charge in [0.2, 0.25) is 0 Å². The first-order valence-electron chi connectivity index (χ1n) is 9.48. The van der Waals surface area contributed by atoms with E-state index in [4.69, 9.17) is 14.2 Å². The van der Waals surface area contributed by atoms with Gasteiger partial charge in [0.1, 0.15) is 5.60 Å². The standard InChI is InChI=1S/C20H30O4/c1-14(2)17(21)24-20-11-15-8-16(12-20)10-19(9-15,13-20)23-7-5-18(3)4-6-22-18/h15-16H,1,4-13H2,2-3H3. The predicted molar refractivity (Wildman–Crippen MR) is 90.6 cm³/mol. The molecule has 5 fully saturated rings. The summed E-state index contributed by atoms with van der Waals surface area (Å²) in [5.74, 6) is 1.04. The summed E-state index contributed by atoms with van der Waals surface area (Å²) in [5.41, 5.74) is 0.124. The molecular formula is C20H30O4. The Kier molecular flexibility index (Phi) is 3.85. The minimum atomic E-state index is -0.309. The molecular weight excluding hydrogens is 304 g/mol. The molecule has 0 N–H and O–H groups in total. The van der Waals surface area contributed by atoms with Crippen LogP contribution in [0.15, 0.2) is 12.2 Å². The molecule has 4 aliphatic carbocycles. The largest absolute Gasteiger partial charge is 0.456 e. The molecule has 0 radical (unpaired) electrons. The van der Waals surface area contributed by atoms with Crippen LogP contribution >= 0.6 is 0 Å². The lowest BCUT2D eigenvalue weighted by atomic mass is 9.52. The maximum absolute atomic E-state index is 12.1. The van der Waals surface area contributed by atoms with Gasteiger partial charge in [-0.2, -0.15) is 0 Å². The smallest absolute Gasteiger partial charge is 0.333 e. The van der Waals surface area contributed by atoms with Crippen LogP contribution in [0, 0.1) is 11.8 Å². The molecule has 1 heterocycles. The Labute approximate surface area is 144 Å². The molecule has 0 spiro atoms. The number of hydrogen-bond acceptors (Lipinski definition) is 4. The van der Waals surface area contributed by atoms with Crippen LogP contribution in [-0.2, 0) is 19.0 Å². The number of hydrogen-bond donors (Lipinski definition) is 0. The molecule has 4 heteroatoms. The highest BCUT2D eigenvalue weighted by molar-refractivity contribution is 5.87. The van der Waals surface area contributed by atoms with Gasteiger partial charge in [-0.1, -0.05) is 6.58 Å². The summed E-state index contributed by atoms with van der Waals surface area (Å²) < 4.78 is 18.1. The summed E-state index contributed by atoms with van der Waals surface area (Å²) in [5, 5.41) is 0. The first-order chi connectivity index (χ1) is 11.3. The fraction of sp³-hybridized carbons (Fsp3) is 0.850.